The Kier molecular flexibility index (Phi) is 4.78. The van der Waals surface area contributed by atoms with Gasteiger partial charge in [-0.3, -0.25) is 9.59 Å². The maximum atomic E-state index is 12.7. The summed E-state index contributed by atoms with van der Waals surface area (Å²) >= 11 is 0. The lowest BCUT2D eigenvalue weighted by Gasteiger charge is -2.36. The zero-order valence-electron chi connectivity index (χ0n) is 14.7. The third-order valence-corrected chi connectivity index (χ3v) is 6.13. The van der Waals surface area contributed by atoms with Gasteiger partial charge in [0, 0.05) is 29.5 Å². The Morgan fingerprint density at radius 3 is 2.44 bits per heavy atom. The number of hydrogen-bond donors (Lipinski definition) is 1. The normalized spacial score (nSPS) is 29.4. The molecule has 4 nitrogen and oxygen atoms in total. The summed E-state index contributed by atoms with van der Waals surface area (Å²) in [4.78, 5) is 24.9. The van der Waals surface area contributed by atoms with E-state index in [1.165, 1.54) is 12.8 Å². The number of hydrogen-bond acceptors (Lipinski definition) is 3. The zero-order valence-corrected chi connectivity index (χ0v) is 14.7. The van der Waals surface area contributed by atoms with Gasteiger partial charge in [-0.05, 0) is 63.5 Å². The van der Waals surface area contributed by atoms with Gasteiger partial charge in [0.05, 0.1) is 6.10 Å². The molecule has 2 bridgehead atoms. The van der Waals surface area contributed by atoms with E-state index in [1.807, 2.05) is 24.3 Å². The van der Waals surface area contributed by atoms with Crippen LogP contribution in [0.25, 0.3) is 0 Å². The van der Waals surface area contributed by atoms with Gasteiger partial charge in [-0.2, -0.15) is 0 Å². The van der Waals surface area contributed by atoms with E-state index >= 15 is 0 Å². The van der Waals surface area contributed by atoms with Crippen molar-refractivity contribution in [2.45, 2.75) is 63.9 Å². The van der Waals surface area contributed by atoms with E-state index in [-0.39, 0.29) is 23.7 Å². The summed E-state index contributed by atoms with van der Waals surface area (Å²) in [7, 11) is 0. The van der Waals surface area contributed by atoms with Crippen LogP contribution in [0.1, 0.15) is 57.8 Å². The Hall–Kier alpha value is -1.84. The van der Waals surface area contributed by atoms with Crippen LogP contribution in [0.15, 0.2) is 24.3 Å². The van der Waals surface area contributed by atoms with Gasteiger partial charge in [-0.1, -0.05) is 12.5 Å². The molecule has 0 radical (unpaired) electrons. The van der Waals surface area contributed by atoms with Crippen molar-refractivity contribution in [3.05, 3.63) is 24.3 Å². The number of anilines is 1. The Morgan fingerprint density at radius 2 is 1.72 bits per heavy atom. The highest BCUT2D eigenvalue weighted by atomic mass is 16.5. The highest BCUT2D eigenvalue weighted by Crippen LogP contribution is 2.40. The van der Waals surface area contributed by atoms with E-state index in [0.29, 0.717) is 11.9 Å². The molecule has 1 amide bonds. The molecule has 3 fully saturated rings. The van der Waals surface area contributed by atoms with Crippen LogP contribution in [-0.4, -0.2) is 17.8 Å². The third kappa shape index (κ3) is 3.73. The molecule has 1 N–H and O–H groups in total. The van der Waals surface area contributed by atoms with Crippen LogP contribution in [0.2, 0.25) is 0 Å². The predicted octanol–water partition coefficient (Wildman–Crippen LogP) is 4.34. The van der Waals surface area contributed by atoms with Crippen molar-refractivity contribution in [3.8, 4) is 5.75 Å². The van der Waals surface area contributed by atoms with Crippen LogP contribution in [0.3, 0.4) is 0 Å². The first-order valence-corrected chi connectivity index (χ1v) is 9.80. The highest BCUT2D eigenvalue weighted by Gasteiger charge is 2.41. The van der Waals surface area contributed by atoms with Crippen LogP contribution in [0.4, 0.5) is 5.69 Å². The number of Topliss-reactive ketones (excluding diaryl/α,β-unsaturated/α-hetero) is 1. The van der Waals surface area contributed by atoms with Gasteiger partial charge in [0.25, 0.3) is 0 Å². The monoisotopic (exact) mass is 341 g/mol. The second kappa shape index (κ2) is 7.19. The molecule has 0 aliphatic heterocycles. The number of ether oxygens (including phenoxy) is 1. The minimum atomic E-state index is -0.0348. The molecular formula is C21H27NO3. The van der Waals surface area contributed by atoms with E-state index < -0.39 is 0 Å². The average Bonchev–Trinajstić information content (AvgIpc) is 3.08. The summed E-state index contributed by atoms with van der Waals surface area (Å²) in [5.74, 6) is 1.48. The summed E-state index contributed by atoms with van der Waals surface area (Å²) < 4.78 is 6.02. The maximum absolute atomic E-state index is 12.7. The molecular weight excluding hydrogens is 314 g/mol. The molecule has 0 saturated heterocycles. The molecule has 4 rings (SSSR count). The average molecular weight is 341 g/mol. The number of ketones is 1. The van der Waals surface area contributed by atoms with Crippen LogP contribution in [0.5, 0.6) is 5.75 Å². The van der Waals surface area contributed by atoms with E-state index in [4.69, 9.17) is 4.74 Å². The maximum Gasteiger partial charge on any atom is 0.227 e. The SMILES string of the molecule is O=C(Nc1cccc(OC2CCCC2)c1)C1C[C@H]2CCC[C@@H](C1)C2=O. The van der Waals surface area contributed by atoms with E-state index in [2.05, 4.69) is 5.32 Å². The molecule has 0 heterocycles. The Labute approximate surface area is 149 Å². The van der Waals surface area contributed by atoms with Crippen LogP contribution < -0.4 is 10.1 Å². The number of carbonyl (C=O) groups excluding carboxylic acids is 2. The Morgan fingerprint density at radius 1 is 1.00 bits per heavy atom. The first-order chi connectivity index (χ1) is 12.2. The molecule has 3 atom stereocenters. The highest BCUT2D eigenvalue weighted by molar-refractivity contribution is 5.95. The van der Waals surface area contributed by atoms with Gasteiger partial charge in [0.15, 0.2) is 0 Å². The minimum Gasteiger partial charge on any atom is -0.490 e. The molecule has 1 aromatic carbocycles. The fourth-order valence-electron chi connectivity index (χ4n) is 4.78. The van der Waals surface area contributed by atoms with Crippen molar-refractivity contribution in [3.63, 3.8) is 0 Å². The lowest BCUT2D eigenvalue weighted by molar-refractivity contribution is -0.136. The van der Waals surface area contributed by atoms with Crippen LogP contribution in [0, 0.1) is 17.8 Å². The second-order valence-corrected chi connectivity index (χ2v) is 7.94. The number of amides is 1. The number of rotatable bonds is 4. The Bertz CT molecular complexity index is 634. The lowest BCUT2D eigenvalue weighted by Crippen LogP contribution is -2.40. The van der Waals surface area contributed by atoms with Crippen molar-refractivity contribution in [1.29, 1.82) is 0 Å². The van der Waals surface area contributed by atoms with Gasteiger partial charge in [-0.25, -0.2) is 0 Å². The molecule has 134 valence electrons. The Balaban J connectivity index is 1.38. The molecule has 1 unspecified atom stereocenters. The largest absolute Gasteiger partial charge is 0.490 e. The predicted molar refractivity (Wildman–Crippen MR) is 96.5 cm³/mol. The van der Waals surface area contributed by atoms with Crippen molar-refractivity contribution >= 4 is 17.4 Å². The first kappa shape index (κ1) is 16.6. The van der Waals surface area contributed by atoms with Crippen LogP contribution in [-0.2, 0) is 9.59 Å². The molecule has 0 aromatic heterocycles. The topological polar surface area (TPSA) is 55.4 Å². The summed E-state index contributed by atoms with van der Waals surface area (Å²) in [6.07, 6.45) is 9.54. The number of benzene rings is 1. The first-order valence-electron chi connectivity index (χ1n) is 9.80. The van der Waals surface area contributed by atoms with Crippen LogP contribution >= 0.6 is 0 Å². The number of fused-ring (bicyclic) bond motifs is 2. The quantitative estimate of drug-likeness (QED) is 0.886. The molecule has 3 aliphatic carbocycles. The number of carbonyl (C=O) groups is 2. The number of nitrogens with one attached hydrogen (secondary N) is 1. The van der Waals surface area contributed by atoms with Gasteiger partial charge in [0.1, 0.15) is 11.5 Å². The fraction of sp³-hybridized carbons (Fsp3) is 0.619. The summed E-state index contributed by atoms with van der Waals surface area (Å²) in [6, 6.07) is 7.72. The summed E-state index contributed by atoms with van der Waals surface area (Å²) in [5, 5.41) is 3.05. The smallest absolute Gasteiger partial charge is 0.227 e. The molecule has 0 spiro atoms. The van der Waals surface area contributed by atoms with Crippen molar-refractivity contribution < 1.29 is 14.3 Å². The lowest BCUT2D eigenvalue weighted by atomic mass is 9.67. The second-order valence-electron chi connectivity index (χ2n) is 7.94. The summed E-state index contributed by atoms with van der Waals surface area (Å²) in [6.45, 7) is 0. The zero-order chi connectivity index (χ0) is 17.2. The molecule has 4 heteroatoms. The van der Waals surface area contributed by atoms with Crippen molar-refractivity contribution in [2.24, 2.45) is 17.8 Å². The standard InChI is InChI=1S/C21H27NO3/c23-20-14-5-3-6-15(20)12-16(11-14)21(24)22-17-7-4-10-19(13-17)25-18-8-1-2-9-18/h4,7,10,13-16,18H,1-3,5-6,8-9,11-12H2,(H,22,24)/t14-,15+,16?. The minimum absolute atomic E-state index is 0.0348. The van der Waals surface area contributed by atoms with E-state index in [9.17, 15) is 9.59 Å². The molecule has 1 aromatic rings. The van der Waals surface area contributed by atoms with Crippen molar-refractivity contribution in [1.82, 2.24) is 0 Å². The van der Waals surface area contributed by atoms with Gasteiger partial charge in [-0.15, -0.1) is 0 Å². The fourth-order valence-corrected chi connectivity index (χ4v) is 4.78. The molecule has 3 aliphatic rings. The van der Waals surface area contributed by atoms with Crippen molar-refractivity contribution in [2.75, 3.05) is 5.32 Å². The third-order valence-electron chi connectivity index (χ3n) is 6.13. The molecule has 3 saturated carbocycles. The van der Waals surface area contributed by atoms with Gasteiger partial charge in [0.2, 0.25) is 5.91 Å². The summed E-state index contributed by atoms with van der Waals surface area (Å²) in [5.41, 5.74) is 0.794. The van der Waals surface area contributed by atoms with E-state index in [1.54, 1.807) is 0 Å². The van der Waals surface area contributed by atoms with Gasteiger partial charge >= 0.3 is 0 Å². The van der Waals surface area contributed by atoms with E-state index in [0.717, 1.165) is 56.4 Å². The molecule has 25 heavy (non-hydrogen) atoms. The van der Waals surface area contributed by atoms with Gasteiger partial charge < -0.3 is 10.1 Å².